The van der Waals surface area contributed by atoms with Gasteiger partial charge < -0.3 is 15.5 Å². The van der Waals surface area contributed by atoms with E-state index >= 15 is 4.39 Å². The van der Waals surface area contributed by atoms with E-state index in [9.17, 15) is 31.2 Å². The van der Waals surface area contributed by atoms with Crippen molar-refractivity contribution in [2.75, 3.05) is 7.05 Å². The molecule has 0 atom stereocenters. The maximum atomic E-state index is 15.0. The van der Waals surface area contributed by atoms with Crippen LogP contribution in [0.4, 0.5) is 17.6 Å². The van der Waals surface area contributed by atoms with Gasteiger partial charge in [0.05, 0.1) is 0 Å². The van der Waals surface area contributed by atoms with E-state index in [0.29, 0.717) is 16.1 Å². The quantitative estimate of drug-likeness (QED) is 0.309. The van der Waals surface area contributed by atoms with Crippen LogP contribution in [0.15, 0.2) is 66.1 Å². The standard InChI is InChI=1S/C17H14F4N4O2S.C4H4O4/c1-22-8-11-10-25(28(26,27)12-4-2-6-23-9-12)15(14(11)18)13-5-3-7-24-16(13)17(19,20)21;5-3(6)1-2-4(7)8/h2-7,9-10,22H,8H2,1H3;1-2H,(H,5,6)(H,7,8). The number of rotatable bonds is 7. The number of pyridine rings is 2. The molecular formula is C21H18F4N4O6S. The summed E-state index contributed by atoms with van der Waals surface area (Å²) in [5.41, 5.74) is -2.91. The van der Waals surface area contributed by atoms with Crippen LogP contribution in [0.3, 0.4) is 0 Å². The Balaban J connectivity index is 0.000000493. The molecule has 0 aliphatic heterocycles. The number of nitrogens with zero attached hydrogens (tertiary/aromatic N) is 3. The molecule has 15 heteroatoms. The number of nitrogens with one attached hydrogen (secondary N) is 1. The molecule has 0 saturated carbocycles. The molecule has 0 aromatic carbocycles. The zero-order chi connectivity index (χ0) is 27.1. The number of hydrogen-bond donors (Lipinski definition) is 3. The Morgan fingerprint density at radius 1 is 1.11 bits per heavy atom. The van der Waals surface area contributed by atoms with Crippen LogP contribution in [0.25, 0.3) is 11.3 Å². The Morgan fingerprint density at radius 3 is 2.22 bits per heavy atom. The predicted octanol–water partition coefficient (Wildman–Crippen LogP) is 2.77. The van der Waals surface area contributed by atoms with Gasteiger partial charge in [-0.05, 0) is 31.3 Å². The molecule has 3 rings (SSSR count). The number of alkyl halides is 3. The third-order valence-electron chi connectivity index (χ3n) is 4.24. The summed E-state index contributed by atoms with van der Waals surface area (Å²) in [4.78, 5) is 25.8. The second kappa shape index (κ2) is 11.5. The molecule has 10 nitrogen and oxygen atoms in total. The summed E-state index contributed by atoms with van der Waals surface area (Å²) in [6.07, 6.45) is 0.441. The van der Waals surface area contributed by atoms with Crippen LogP contribution in [-0.4, -0.2) is 51.6 Å². The van der Waals surface area contributed by atoms with Gasteiger partial charge in [-0.3, -0.25) is 9.97 Å². The maximum absolute atomic E-state index is 15.0. The molecule has 36 heavy (non-hydrogen) atoms. The predicted molar refractivity (Wildman–Crippen MR) is 117 cm³/mol. The van der Waals surface area contributed by atoms with Gasteiger partial charge in [-0.25, -0.2) is 26.4 Å². The van der Waals surface area contributed by atoms with Gasteiger partial charge in [-0.15, -0.1) is 0 Å². The Kier molecular flexibility index (Phi) is 9.02. The van der Waals surface area contributed by atoms with Gasteiger partial charge in [0.15, 0.2) is 11.5 Å². The van der Waals surface area contributed by atoms with Gasteiger partial charge in [0.2, 0.25) is 0 Å². The fourth-order valence-electron chi connectivity index (χ4n) is 2.83. The van der Waals surface area contributed by atoms with Crippen LogP contribution in [0.5, 0.6) is 0 Å². The zero-order valence-corrected chi connectivity index (χ0v) is 19.1. The molecule has 0 bridgehead atoms. The van der Waals surface area contributed by atoms with Crippen molar-refractivity contribution in [2.24, 2.45) is 0 Å². The minimum atomic E-state index is -4.90. The highest BCUT2D eigenvalue weighted by molar-refractivity contribution is 7.90. The minimum absolute atomic E-state index is 0.0873. The van der Waals surface area contributed by atoms with Crippen molar-refractivity contribution in [3.8, 4) is 11.3 Å². The summed E-state index contributed by atoms with van der Waals surface area (Å²) >= 11 is 0. The largest absolute Gasteiger partial charge is 0.478 e. The van der Waals surface area contributed by atoms with Gasteiger partial charge in [-0.2, -0.15) is 13.2 Å². The summed E-state index contributed by atoms with van der Waals surface area (Å²) < 4.78 is 81.7. The Bertz CT molecular complexity index is 1360. The van der Waals surface area contributed by atoms with E-state index in [1.165, 1.54) is 31.4 Å². The molecule has 0 radical (unpaired) electrons. The summed E-state index contributed by atoms with van der Waals surface area (Å²) in [7, 11) is -2.91. The van der Waals surface area contributed by atoms with Crippen molar-refractivity contribution in [1.82, 2.24) is 19.3 Å². The number of carboxylic acid groups (broad SMARTS) is 2. The van der Waals surface area contributed by atoms with Gasteiger partial charge >= 0.3 is 18.1 Å². The number of carbonyl (C=O) groups is 2. The lowest BCUT2D eigenvalue weighted by Crippen LogP contribution is -2.16. The second-order valence-electron chi connectivity index (χ2n) is 6.74. The highest BCUT2D eigenvalue weighted by atomic mass is 32.2. The van der Waals surface area contributed by atoms with Crippen molar-refractivity contribution < 1.29 is 45.8 Å². The number of aliphatic carboxylic acids is 2. The topological polar surface area (TPSA) is 151 Å². The maximum Gasteiger partial charge on any atom is 0.434 e. The first kappa shape index (κ1) is 28.1. The summed E-state index contributed by atoms with van der Waals surface area (Å²) in [6, 6.07) is 4.73. The fraction of sp³-hybridized carbons (Fsp3) is 0.143. The third-order valence-corrected chi connectivity index (χ3v) is 5.88. The van der Waals surface area contributed by atoms with Crippen LogP contribution >= 0.6 is 0 Å². The SMILES string of the molecule is CNCc1cn(S(=O)(=O)c2cccnc2)c(-c2cccnc2C(F)(F)F)c1F.O=C(O)C=CC(=O)O. The van der Waals surface area contributed by atoms with Crippen LogP contribution in [0.1, 0.15) is 11.3 Å². The second-order valence-corrected chi connectivity index (χ2v) is 8.56. The van der Waals surface area contributed by atoms with Crippen LogP contribution in [0, 0.1) is 5.82 Å². The zero-order valence-electron chi connectivity index (χ0n) is 18.3. The van der Waals surface area contributed by atoms with Crippen LogP contribution in [-0.2, 0) is 32.3 Å². The summed E-state index contributed by atoms with van der Waals surface area (Å²) in [6.45, 7) is -0.0873. The fourth-order valence-corrected chi connectivity index (χ4v) is 4.19. The lowest BCUT2D eigenvalue weighted by molar-refractivity contribution is -0.140. The minimum Gasteiger partial charge on any atom is -0.478 e. The molecule has 0 amide bonds. The first-order valence-electron chi connectivity index (χ1n) is 9.67. The molecule has 3 N–H and O–H groups in total. The van der Waals surface area contributed by atoms with E-state index in [4.69, 9.17) is 10.2 Å². The van der Waals surface area contributed by atoms with Gasteiger partial charge in [0, 0.05) is 54.6 Å². The molecule has 3 aromatic rings. The van der Waals surface area contributed by atoms with Gasteiger partial charge in [-0.1, -0.05) is 0 Å². The van der Waals surface area contributed by atoms with E-state index in [1.807, 2.05) is 0 Å². The van der Waals surface area contributed by atoms with Crippen LogP contribution < -0.4 is 5.32 Å². The lowest BCUT2D eigenvalue weighted by Gasteiger charge is -2.14. The van der Waals surface area contributed by atoms with E-state index < -0.39 is 50.9 Å². The van der Waals surface area contributed by atoms with E-state index in [1.54, 1.807) is 0 Å². The smallest absolute Gasteiger partial charge is 0.434 e. The average Bonchev–Trinajstić information content (AvgIpc) is 3.15. The van der Waals surface area contributed by atoms with Gasteiger partial charge in [0.1, 0.15) is 10.6 Å². The molecule has 0 saturated heterocycles. The van der Waals surface area contributed by atoms with E-state index in [0.717, 1.165) is 24.7 Å². The average molecular weight is 530 g/mol. The Labute approximate surface area is 201 Å². The Hall–Kier alpha value is -4.11. The molecule has 3 heterocycles. The van der Waals surface area contributed by atoms with Crippen molar-refractivity contribution >= 4 is 22.0 Å². The molecule has 0 fully saturated rings. The van der Waals surface area contributed by atoms with Crippen molar-refractivity contribution in [3.63, 3.8) is 0 Å². The molecule has 0 spiro atoms. The number of halogens is 4. The first-order valence-corrected chi connectivity index (χ1v) is 11.1. The number of aromatic nitrogens is 3. The molecule has 192 valence electrons. The number of hydrogen-bond acceptors (Lipinski definition) is 7. The van der Waals surface area contributed by atoms with Crippen LogP contribution in [0.2, 0.25) is 0 Å². The Morgan fingerprint density at radius 2 is 1.72 bits per heavy atom. The van der Waals surface area contributed by atoms with Crippen molar-refractivity contribution in [3.05, 3.63) is 78.3 Å². The summed E-state index contributed by atoms with van der Waals surface area (Å²) in [5.74, 6) is -3.60. The molecule has 3 aromatic heterocycles. The lowest BCUT2D eigenvalue weighted by atomic mass is 10.1. The van der Waals surface area contributed by atoms with Gasteiger partial charge in [0.25, 0.3) is 10.0 Å². The summed E-state index contributed by atoms with van der Waals surface area (Å²) in [5, 5.41) is 18.3. The highest BCUT2D eigenvalue weighted by Gasteiger charge is 2.38. The normalized spacial score (nSPS) is 11.7. The van der Waals surface area contributed by atoms with Crippen molar-refractivity contribution in [2.45, 2.75) is 17.6 Å². The monoisotopic (exact) mass is 530 g/mol. The molecule has 0 aliphatic carbocycles. The number of carboxylic acids is 2. The molecule has 0 unspecified atom stereocenters. The highest BCUT2D eigenvalue weighted by Crippen LogP contribution is 2.38. The van der Waals surface area contributed by atoms with Crippen molar-refractivity contribution in [1.29, 1.82) is 0 Å². The molecule has 0 aliphatic rings. The molecular weight excluding hydrogens is 512 g/mol. The van der Waals surface area contributed by atoms with E-state index in [-0.39, 0.29) is 17.0 Å². The van der Waals surface area contributed by atoms with E-state index in [2.05, 4.69) is 15.3 Å². The first-order chi connectivity index (χ1) is 16.8. The third kappa shape index (κ3) is 6.73.